The number of benzene rings is 2. The molecule has 0 saturated carbocycles. The van der Waals surface area contributed by atoms with Gasteiger partial charge in [-0.3, -0.25) is 4.90 Å². The van der Waals surface area contributed by atoms with Gasteiger partial charge in [-0.05, 0) is 42.2 Å². The fourth-order valence-electron chi connectivity index (χ4n) is 3.61. The average molecular weight is 342 g/mol. The van der Waals surface area contributed by atoms with Crippen molar-refractivity contribution in [3.05, 3.63) is 88.5 Å². The van der Waals surface area contributed by atoms with Gasteiger partial charge in [0, 0.05) is 32.4 Å². The van der Waals surface area contributed by atoms with Gasteiger partial charge in [-0.2, -0.15) is 5.26 Å². The fraction of sp³-hybridized carbons (Fsp3) is 0.273. The van der Waals surface area contributed by atoms with Crippen molar-refractivity contribution in [2.75, 3.05) is 6.54 Å². The van der Waals surface area contributed by atoms with Crippen molar-refractivity contribution in [2.24, 2.45) is 0 Å². The van der Waals surface area contributed by atoms with Gasteiger partial charge in [-0.15, -0.1) is 0 Å². The molecule has 0 atom stereocenters. The highest BCUT2D eigenvalue weighted by Crippen LogP contribution is 2.22. The van der Waals surface area contributed by atoms with Gasteiger partial charge in [-0.25, -0.2) is 4.98 Å². The minimum atomic E-state index is 0.696. The molecule has 0 spiro atoms. The molecule has 3 aromatic rings. The van der Waals surface area contributed by atoms with E-state index < -0.39 is 0 Å². The Balaban J connectivity index is 1.46. The van der Waals surface area contributed by atoms with E-state index in [4.69, 9.17) is 5.26 Å². The number of aryl methyl sites for hydroxylation is 1. The van der Waals surface area contributed by atoms with E-state index >= 15 is 0 Å². The van der Waals surface area contributed by atoms with Gasteiger partial charge in [-0.1, -0.05) is 35.9 Å². The number of hydrogen-bond acceptors (Lipinski definition) is 3. The molecule has 0 saturated heterocycles. The predicted molar refractivity (Wildman–Crippen MR) is 101 cm³/mol. The van der Waals surface area contributed by atoms with Crippen LogP contribution in [-0.2, 0) is 26.1 Å². The van der Waals surface area contributed by atoms with Crippen molar-refractivity contribution in [1.29, 1.82) is 5.26 Å². The smallest absolute Gasteiger partial charge is 0.0991 e. The van der Waals surface area contributed by atoms with E-state index in [0.717, 1.165) is 32.6 Å². The molecule has 0 N–H and O–H groups in total. The third-order valence-corrected chi connectivity index (χ3v) is 5.07. The molecular weight excluding hydrogens is 320 g/mol. The highest BCUT2D eigenvalue weighted by molar-refractivity contribution is 5.33. The first kappa shape index (κ1) is 16.6. The summed E-state index contributed by atoms with van der Waals surface area (Å²) in [7, 11) is 0. The van der Waals surface area contributed by atoms with Crippen LogP contribution in [-0.4, -0.2) is 21.0 Å². The van der Waals surface area contributed by atoms with Crippen molar-refractivity contribution in [2.45, 2.75) is 33.0 Å². The van der Waals surface area contributed by atoms with Gasteiger partial charge in [0.25, 0.3) is 0 Å². The monoisotopic (exact) mass is 342 g/mol. The van der Waals surface area contributed by atoms with Crippen LogP contribution >= 0.6 is 0 Å². The molecule has 1 aromatic heterocycles. The number of imidazole rings is 1. The third kappa shape index (κ3) is 3.54. The second-order valence-electron chi connectivity index (χ2n) is 7.05. The van der Waals surface area contributed by atoms with Crippen molar-refractivity contribution in [3.63, 3.8) is 0 Å². The van der Waals surface area contributed by atoms with Crippen LogP contribution in [0.3, 0.4) is 0 Å². The quantitative estimate of drug-likeness (QED) is 0.727. The van der Waals surface area contributed by atoms with E-state index in [0.29, 0.717) is 5.56 Å². The first-order valence-corrected chi connectivity index (χ1v) is 9.00. The van der Waals surface area contributed by atoms with E-state index in [2.05, 4.69) is 45.6 Å². The predicted octanol–water partition coefficient (Wildman–Crippen LogP) is 3.67. The zero-order valence-electron chi connectivity index (χ0n) is 15.0. The first-order valence-electron chi connectivity index (χ1n) is 9.00. The Labute approximate surface area is 154 Å². The number of nitriles is 1. The van der Waals surface area contributed by atoms with Crippen molar-refractivity contribution in [1.82, 2.24) is 14.5 Å². The molecule has 0 amide bonds. The van der Waals surface area contributed by atoms with E-state index in [1.165, 1.54) is 27.9 Å². The maximum Gasteiger partial charge on any atom is 0.0991 e. The molecule has 1 aliphatic heterocycles. The molecule has 4 nitrogen and oxygen atoms in total. The highest BCUT2D eigenvalue weighted by atomic mass is 15.2. The summed E-state index contributed by atoms with van der Waals surface area (Å²) in [6.07, 6.45) is 4.98. The average Bonchev–Trinajstić information content (AvgIpc) is 3.08. The van der Waals surface area contributed by atoms with Crippen LogP contribution in [0.25, 0.3) is 0 Å². The number of hydrogen-bond donors (Lipinski definition) is 0. The molecule has 26 heavy (non-hydrogen) atoms. The van der Waals surface area contributed by atoms with E-state index in [-0.39, 0.29) is 0 Å². The van der Waals surface area contributed by atoms with Crippen LogP contribution < -0.4 is 0 Å². The molecule has 4 heteroatoms. The lowest BCUT2D eigenvalue weighted by Gasteiger charge is -2.29. The topological polar surface area (TPSA) is 44.9 Å². The van der Waals surface area contributed by atoms with Crippen molar-refractivity contribution >= 4 is 0 Å². The molecule has 0 aliphatic carbocycles. The summed E-state index contributed by atoms with van der Waals surface area (Å²) in [5.74, 6) is 0. The Bertz CT molecular complexity index is 947. The summed E-state index contributed by atoms with van der Waals surface area (Å²) in [4.78, 5) is 6.85. The lowest BCUT2D eigenvalue weighted by atomic mass is 9.98. The number of rotatable bonds is 4. The Morgan fingerprint density at radius 2 is 1.92 bits per heavy atom. The lowest BCUT2D eigenvalue weighted by Crippen LogP contribution is -2.30. The Morgan fingerprint density at radius 3 is 2.73 bits per heavy atom. The van der Waals surface area contributed by atoms with Crippen LogP contribution in [0.1, 0.15) is 33.5 Å². The van der Waals surface area contributed by atoms with Crippen LogP contribution in [0.15, 0.2) is 55.0 Å². The van der Waals surface area contributed by atoms with Gasteiger partial charge < -0.3 is 4.57 Å². The Hall–Kier alpha value is -2.90. The van der Waals surface area contributed by atoms with Gasteiger partial charge in [0.1, 0.15) is 0 Å². The second kappa shape index (κ2) is 7.15. The summed E-state index contributed by atoms with van der Waals surface area (Å²) >= 11 is 0. The summed E-state index contributed by atoms with van der Waals surface area (Å²) in [6, 6.07) is 16.7. The summed E-state index contributed by atoms with van der Waals surface area (Å²) in [5, 5.41) is 8.93. The minimum absolute atomic E-state index is 0.696. The second-order valence-corrected chi connectivity index (χ2v) is 7.05. The minimum Gasteiger partial charge on any atom is -0.329 e. The Morgan fingerprint density at radius 1 is 1.08 bits per heavy atom. The number of nitrogens with zero attached hydrogens (tertiary/aromatic N) is 4. The van der Waals surface area contributed by atoms with Gasteiger partial charge in [0.2, 0.25) is 0 Å². The molecule has 4 rings (SSSR count). The van der Waals surface area contributed by atoms with Crippen molar-refractivity contribution in [3.8, 4) is 6.07 Å². The highest BCUT2D eigenvalue weighted by Gasteiger charge is 2.17. The van der Waals surface area contributed by atoms with Gasteiger partial charge in [0.15, 0.2) is 0 Å². The maximum atomic E-state index is 8.93. The van der Waals surface area contributed by atoms with E-state index in [1.807, 2.05) is 36.8 Å². The molecule has 2 aromatic carbocycles. The van der Waals surface area contributed by atoms with Crippen LogP contribution in [0.5, 0.6) is 0 Å². The van der Waals surface area contributed by atoms with Crippen LogP contribution in [0, 0.1) is 18.3 Å². The van der Waals surface area contributed by atoms with E-state index in [1.54, 1.807) is 0 Å². The van der Waals surface area contributed by atoms with E-state index in [9.17, 15) is 0 Å². The third-order valence-electron chi connectivity index (χ3n) is 5.07. The normalized spacial score (nSPS) is 14.0. The summed E-state index contributed by atoms with van der Waals surface area (Å²) in [5.41, 5.74) is 7.37. The maximum absolute atomic E-state index is 8.93. The molecule has 1 aliphatic rings. The largest absolute Gasteiger partial charge is 0.329 e. The van der Waals surface area contributed by atoms with Gasteiger partial charge in [0.05, 0.1) is 23.7 Å². The van der Waals surface area contributed by atoms with Gasteiger partial charge >= 0.3 is 0 Å². The zero-order valence-corrected chi connectivity index (χ0v) is 15.0. The molecule has 0 unspecified atom stereocenters. The summed E-state index contributed by atoms with van der Waals surface area (Å²) < 4.78 is 2.20. The van der Waals surface area contributed by atoms with Crippen LogP contribution in [0.4, 0.5) is 0 Å². The standard InChI is InChI=1S/C22H22N4/c1-17-2-7-20-8-9-25(14-21(20)10-17)15-22-12-24-16-26(22)13-19-5-3-18(11-23)4-6-19/h2-7,10,12,16H,8-9,13-15H2,1H3. The Kier molecular flexibility index (Phi) is 4.55. The zero-order chi connectivity index (χ0) is 17.9. The molecule has 0 radical (unpaired) electrons. The van der Waals surface area contributed by atoms with Crippen LogP contribution in [0.2, 0.25) is 0 Å². The molecule has 130 valence electrons. The SMILES string of the molecule is Cc1ccc2c(c1)CN(Cc1cncn1Cc1ccc(C#N)cc1)CC2. The molecule has 0 fully saturated rings. The summed E-state index contributed by atoms with van der Waals surface area (Å²) in [6.45, 7) is 5.93. The first-order chi connectivity index (χ1) is 12.7. The fourth-order valence-corrected chi connectivity index (χ4v) is 3.61. The molecule has 2 heterocycles. The van der Waals surface area contributed by atoms with Crippen molar-refractivity contribution < 1.29 is 0 Å². The molecular formula is C22H22N4. The number of aromatic nitrogens is 2. The molecule has 0 bridgehead atoms. The number of fused-ring (bicyclic) bond motifs is 1. The lowest BCUT2D eigenvalue weighted by molar-refractivity contribution is 0.239.